The van der Waals surface area contributed by atoms with E-state index < -0.39 is 24.1 Å². The van der Waals surface area contributed by atoms with E-state index in [0.29, 0.717) is 5.56 Å². The molecule has 0 fully saturated rings. The molecule has 1 atom stereocenters. The maximum Gasteiger partial charge on any atom is 0.433 e. The molecule has 0 spiro atoms. The fourth-order valence-corrected chi connectivity index (χ4v) is 3.41. The Kier molecular flexibility index (Phi) is 5.92. The van der Waals surface area contributed by atoms with Crippen molar-refractivity contribution in [3.63, 3.8) is 0 Å². The molecule has 4 aromatic rings. The van der Waals surface area contributed by atoms with Gasteiger partial charge in [-0.2, -0.15) is 13.2 Å². The normalized spacial score (nSPS) is 12.5. The van der Waals surface area contributed by atoms with E-state index in [-0.39, 0.29) is 22.5 Å². The van der Waals surface area contributed by atoms with Gasteiger partial charge >= 0.3 is 12.3 Å². The van der Waals surface area contributed by atoms with Crippen molar-refractivity contribution in [1.29, 1.82) is 0 Å². The van der Waals surface area contributed by atoms with Crippen molar-refractivity contribution in [1.82, 2.24) is 4.98 Å². The first-order chi connectivity index (χ1) is 15.2. The highest BCUT2D eigenvalue weighted by Crippen LogP contribution is 2.39. The highest BCUT2D eigenvalue weighted by Gasteiger charge is 2.33. The second-order valence-electron chi connectivity index (χ2n) is 6.94. The van der Waals surface area contributed by atoms with E-state index in [2.05, 4.69) is 26.2 Å². The molecule has 0 aliphatic rings. The molecule has 0 unspecified atom stereocenters. The molecule has 5 nitrogen and oxygen atoms in total. The number of benzene rings is 2. The van der Waals surface area contributed by atoms with Crippen molar-refractivity contribution >= 4 is 38.8 Å². The molecule has 2 aromatic heterocycles. The van der Waals surface area contributed by atoms with Crippen LogP contribution in [0.1, 0.15) is 24.3 Å². The smallest absolute Gasteiger partial charge is 0.433 e. The maximum absolute atomic E-state index is 13.1. The Hall–Kier alpha value is -3.33. The Bertz CT molecular complexity index is 1260. The van der Waals surface area contributed by atoms with E-state index in [1.165, 1.54) is 6.07 Å². The van der Waals surface area contributed by atoms with Crippen LogP contribution in [0.5, 0.6) is 0 Å². The largest absolute Gasteiger partial charge is 0.441 e. The zero-order valence-corrected chi connectivity index (χ0v) is 18.2. The lowest BCUT2D eigenvalue weighted by molar-refractivity contribution is -0.141. The zero-order valence-electron chi connectivity index (χ0n) is 16.6. The predicted molar refractivity (Wildman–Crippen MR) is 117 cm³/mol. The number of nitrogens with zero attached hydrogens (tertiary/aromatic N) is 1. The molecule has 9 heteroatoms. The summed E-state index contributed by atoms with van der Waals surface area (Å²) in [4.78, 5) is 16.2. The summed E-state index contributed by atoms with van der Waals surface area (Å²) >= 11 is 3.33. The van der Waals surface area contributed by atoms with Gasteiger partial charge in [0.05, 0.1) is 5.39 Å². The van der Waals surface area contributed by atoms with Crippen LogP contribution >= 0.6 is 15.9 Å². The maximum atomic E-state index is 13.1. The minimum Gasteiger partial charge on any atom is -0.441 e. The number of carbonyl (C=O) groups excluding carboxylic acids is 1. The summed E-state index contributed by atoms with van der Waals surface area (Å²) < 4.78 is 51.2. The monoisotopic (exact) mass is 504 g/mol. The van der Waals surface area contributed by atoms with Crippen LogP contribution in [0.4, 0.5) is 23.7 Å². The van der Waals surface area contributed by atoms with Crippen molar-refractivity contribution in [2.75, 3.05) is 5.32 Å². The minimum absolute atomic E-state index is 0.170. The zero-order chi connectivity index (χ0) is 22.9. The number of furan rings is 1. The van der Waals surface area contributed by atoms with Gasteiger partial charge in [-0.25, -0.2) is 9.78 Å². The molecule has 164 valence electrons. The number of aromatic nitrogens is 1. The van der Waals surface area contributed by atoms with Crippen LogP contribution in [0.3, 0.4) is 0 Å². The number of fused-ring (bicyclic) bond motifs is 1. The second-order valence-corrected chi connectivity index (χ2v) is 7.86. The van der Waals surface area contributed by atoms with Crippen LogP contribution in [0.15, 0.2) is 75.6 Å². The first kappa shape index (κ1) is 21.9. The van der Waals surface area contributed by atoms with Gasteiger partial charge in [0.15, 0.2) is 5.76 Å². The second kappa shape index (κ2) is 8.66. The number of alkyl halides is 3. The first-order valence-electron chi connectivity index (χ1n) is 9.51. The van der Waals surface area contributed by atoms with Crippen molar-refractivity contribution < 1.29 is 27.1 Å². The highest BCUT2D eigenvalue weighted by atomic mass is 79.9. The van der Waals surface area contributed by atoms with E-state index in [0.717, 1.165) is 16.1 Å². The van der Waals surface area contributed by atoms with Gasteiger partial charge in [0.1, 0.15) is 17.5 Å². The first-order valence-corrected chi connectivity index (χ1v) is 10.3. The SMILES string of the molecule is C[C@@H](OC(=O)Nc1c(-c2ccc(Br)cc2)oc2nc(C(F)(F)F)ccc12)c1ccccc1. The summed E-state index contributed by atoms with van der Waals surface area (Å²) in [6.07, 6.45) is -5.95. The van der Waals surface area contributed by atoms with Crippen LogP contribution in [0, 0.1) is 0 Å². The number of ether oxygens (including phenoxy) is 1. The van der Waals surface area contributed by atoms with Gasteiger partial charge in [-0.1, -0.05) is 58.4 Å². The van der Waals surface area contributed by atoms with Crippen LogP contribution in [-0.4, -0.2) is 11.1 Å². The highest BCUT2D eigenvalue weighted by molar-refractivity contribution is 9.10. The van der Waals surface area contributed by atoms with Crippen molar-refractivity contribution in [3.05, 3.63) is 82.5 Å². The number of hydrogen-bond acceptors (Lipinski definition) is 4. The van der Waals surface area contributed by atoms with E-state index in [1.807, 2.05) is 30.3 Å². The van der Waals surface area contributed by atoms with Gasteiger partial charge in [0.25, 0.3) is 0 Å². The number of anilines is 1. The molecule has 0 aliphatic heterocycles. The van der Waals surface area contributed by atoms with Gasteiger partial charge in [-0.15, -0.1) is 0 Å². The minimum atomic E-state index is -4.63. The molecule has 0 saturated heterocycles. The van der Waals surface area contributed by atoms with Gasteiger partial charge in [-0.05, 0) is 36.8 Å². The molecule has 1 N–H and O–H groups in total. The summed E-state index contributed by atoms with van der Waals surface area (Å²) in [6.45, 7) is 1.72. The molecule has 2 aromatic carbocycles. The third kappa shape index (κ3) is 4.62. The number of nitrogens with one attached hydrogen (secondary N) is 1. The van der Waals surface area contributed by atoms with Gasteiger partial charge in [0, 0.05) is 10.0 Å². The standard InChI is InChI=1S/C23H16BrF3N2O3/c1-13(14-5-3-2-4-6-14)31-22(30)29-19-17-11-12-18(23(25,26)27)28-21(17)32-20(19)15-7-9-16(24)10-8-15/h2-13H,1H3,(H,29,30)/t13-/m1/s1. The Labute approximate surface area is 189 Å². The molecule has 32 heavy (non-hydrogen) atoms. The predicted octanol–water partition coefficient (Wildman–Crippen LogP) is 7.59. The van der Waals surface area contributed by atoms with Crippen LogP contribution in [0.25, 0.3) is 22.4 Å². The number of halogens is 4. The molecule has 2 heterocycles. The van der Waals surface area contributed by atoms with E-state index >= 15 is 0 Å². The Morgan fingerprint density at radius 2 is 1.75 bits per heavy atom. The molecule has 1 amide bonds. The van der Waals surface area contributed by atoms with Crippen LogP contribution in [0.2, 0.25) is 0 Å². The fourth-order valence-electron chi connectivity index (χ4n) is 3.15. The van der Waals surface area contributed by atoms with Gasteiger partial charge in [0.2, 0.25) is 5.71 Å². The van der Waals surface area contributed by atoms with Crippen LogP contribution < -0.4 is 5.32 Å². The number of carbonyl (C=O) groups is 1. The van der Waals surface area contributed by atoms with E-state index in [9.17, 15) is 18.0 Å². The molecular weight excluding hydrogens is 489 g/mol. The lowest BCUT2D eigenvalue weighted by Crippen LogP contribution is -2.16. The average Bonchev–Trinajstić information content (AvgIpc) is 3.11. The van der Waals surface area contributed by atoms with Crippen molar-refractivity contribution in [2.45, 2.75) is 19.2 Å². The average molecular weight is 505 g/mol. The molecule has 0 bridgehead atoms. The van der Waals surface area contributed by atoms with Crippen molar-refractivity contribution in [2.24, 2.45) is 0 Å². The van der Waals surface area contributed by atoms with Gasteiger partial charge < -0.3 is 9.15 Å². The quantitative estimate of drug-likeness (QED) is 0.311. The molecule has 0 aliphatic carbocycles. The van der Waals surface area contributed by atoms with E-state index in [1.54, 1.807) is 31.2 Å². The lowest BCUT2D eigenvalue weighted by atomic mass is 10.1. The topological polar surface area (TPSA) is 64.4 Å². The molecule has 0 saturated carbocycles. The number of amides is 1. The summed E-state index contributed by atoms with van der Waals surface area (Å²) in [5.74, 6) is 0.170. The number of rotatable bonds is 4. The van der Waals surface area contributed by atoms with Crippen molar-refractivity contribution in [3.8, 4) is 11.3 Å². The van der Waals surface area contributed by atoms with E-state index in [4.69, 9.17) is 9.15 Å². The summed E-state index contributed by atoms with van der Waals surface area (Å²) in [5.41, 5.74) is 0.182. The summed E-state index contributed by atoms with van der Waals surface area (Å²) in [6, 6.07) is 18.1. The number of hydrogen-bond donors (Lipinski definition) is 1. The Morgan fingerprint density at radius 3 is 2.41 bits per heavy atom. The molecular formula is C23H16BrF3N2O3. The molecule has 4 rings (SSSR count). The third-order valence-electron chi connectivity index (χ3n) is 4.73. The number of pyridine rings is 1. The molecule has 0 radical (unpaired) electrons. The Balaban J connectivity index is 1.71. The summed E-state index contributed by atoms with van der Waals surface area (Å²) in [7, 11) is 0. The fraction of sp³-hybridized carbons (Fsp3) is 0.130. The lowest BCUT2D eigenvalue weighted by Gasteiger charge is -2.14. The van der Waals surface area contributed by atoms with Crippen LogP contribution in [-0.2, 0) is 10.9 Å². The summed E-state index contributed by atoms with van der Waals surface area (Å²) in [5, 5.41) is 2.84. The Morgan fingerprint density at radius 1 is 1.06 bits per heavy atom. The third-order valence-corrected chi connectivity index (χ3v) is 5.26. The van der Waals surface area contributed by atoms with Gasteiger partial charge in [-0.3, -0.25) is 5.32 Å².